The van der Waals surface area contributed by atoms with Crippen LogP contribution in [0.15, 0.2) is 54.6 Å². The van der Waals surface area contributed by atoms with Gasteiger partial charge in [-0.15, -0.1) is 0 Å². The predicted molar refractivity (Wildman–Crippen MR) is 153 cm³/mol. The summed E-state index contributed by atoms with van der Waals surface area (Å²) < 4.78 is 86.7. The highest BCUT2D eigenvalue weighted by atomic mass is 19.4. The van der Waals surface area contributed by atoms with E-state index in [0.717, 1.165) is 30.6 Å². The Labute approximate surface area is 255 Å². The Balaban J connectivity index is 1.35. The SMILES string of the molecule is CC(=CN1CCN(C(=O)c2cc(C(F)(F)F)cc(C(F)(F)F)c2)C(Cc2c[nH]c3ncccc23)C1)NOCCN1CCOCC1. The van der Waals surface area contributed by atoms with Crippen molar-refractivity contribution in [2.24, 2.45) is 0 Å². The molecule has 0 radical (unpaired) electrons. The number of hydroxylamine groups is 1. The number of pyridine rings is 1. The lowest BCUT2D eigenvalue weighted by molar-refractivity contribution is -0.143. The van der Waals surface area contributed by atoms with Crippen LogP contribution < -0.4 is 5.48 Å². The Morgan fingerprint density at radius 3 is 2.49 bits per heavy atom. The fourth-order valence-corrected chi connectivity index (χ4v) is 5.58. The van der Waals surface area contributed by atoms with Gasteiger partial charge in [-0.25, -0.2) is 4.98 Å². The van der Waals surface area contributed by atoms with Crippen LogP contribution in [-0.4, -0.2) is 95.7 Å². The lowest BCUT2D eigenvalue weighted by atomic mass is 9.99. The number of rotatable bonds is 9. The second kappa shape index (κ2) is 13.7. The molecule has 3 aromatic rings. The van der Waals surface area contributed by atoms with Crippen molar-refractivity contribution in [1.29, 1.82) is 0 Å². The molecule has 1 aromatic carbocycles. The molecule has 2 fully saturated rings. The summed E-state index contributed by atoms with van der Waals surface area (Å²) in [6, 6.07) is 4.02. The van der Waals surface area contributed by atoms with Crippen LogP contribution in [0.3, 0.4) is 0 Å². The lowest BCUT2D eigenvalue weighted by Gasteiger charge is -2.41. The van der Waals surface area contributed by atoms with Gasteiger partial charge in [-0.3, -0.25) is 20.0 Å². The van der Waals surface area contributed by atoms with Crippen molar-refractivity contribution < 1.29 is 40.7 Å². The molecule has 2 N–H and O–H groups in total. The number of piperazine rings is 1. The van der Waals surface area contributed by atoms with Crippen molar-refractivity contribution in [2.45, 2.75) is 31.7 Å². The molecule has 5 rings (SSSR count). The average molecular weight is 641 g/mol. The molecule has 0 saturated carbocycles. The molecule has 0 aliphatic carbocycles. The molecule has 1 amide bonds. The number of aromatic amines is 1. The van der Waals surface area contributed by atoms with Gasteiger partial charge in [-0.2, -0.15) is 26.3 Å². The maximum Gasteiger partial charge on any atom is 0.416 e. The number of H-pyrrole nitrogens is 1. The smallest absolute Gasteiger partial charge is 0.379 e. The zero-order chi connectivity index (χ0) is 32.2. The van der Waals surface area contributed by atoms with Crippen molar-refractivity contribution in [3.8, 4) is 0 Å². The Bertz CT molecular complexity index is 1470. The number of carbonyl (C=O) groups is 1. The molecule has 244 valence electrons. The van der Waals surface area contributed by atoms with Crippen molar-refractivity contribution >= 4 is 16.9 Å². The second-order valence-electron chi connectivity index (χ2n) is 11.1. The van der Waals surface area contributed by atoms with E-state index in [1.165, 1.54) is 4.90 Å². The summed E-state index contributed by atoms with van der Waals surface area (Å²) in [6.45, 7) is 6.70. The van der Waals surface area contributed by atoms with Gasteiger partial charge in [0.15, 0.2) is 0 Å². The van der Waals surface area contributed by atoms with Gasteiger partial charge < -0.3 is 19.5 Å². The minimum absolute atomic E-state index is 0.0226. The number of halogens is 6. The highest BCUT2D eigenvalue weighted by molar-refractivity contribution is 5.95. The summed E-state index contributed by atoms with van der Waals surface area (Å²) in [5.74, 6) is -0.903. The quantitative estimate of drug-likeness (QED) is 0.200. The van der Waals surface area contributed by atoms with E-state index in [0.29, 0.717) is 49.8 Å². The van der Waals surface area contributed by atoms with Gasteiger partial charge in [0.2, 0.25) is 0 Å². The first kappa shape index (κ1) is 32.6. The molecule has 9 nitrogen and oxygen atoms in total. The molecule has 2 aliphatic rings. The van der Waals surface area contributed by atoms with Crippen LogP contribution in [0.2, 0.25) is 0 Å². The van der Waals surface area contributed by atoms with Gasteiger partial charge in [0.1, 0.15) is 5.65 Å². The zero-order valence-electron chi connectivity index (χ0n) is 24.5. The van der Waals surface area contributed by atoms with Gasteiger partial charge in [-0.05, 0) is 49.2 Å². The molecule has 45 heavy (non-hydrogen) atoms. The third-order valence-corrected chi connectivity index (χ3v) is 7.82. The normalized spacial score (nSPS) is 18.9. The predicted octanol–water partition coefficient (Wildman–Crippen LogP) is 4.68. The molecule has 15 heteroatoms. The summed E-state index contributed by atoms with van der Waals surface area (Å²) in [7, 11) is 0. The van der Waals surface area contributed by atoms with E-state index in [2.05, 4.69) is 20.3 Å². The number of hydrogen-bond acceptors (Lipinski definition) is 7. The lowest BCUT2D eigenvalue weighted by Crippen LogP contribution is -2.54. The van der Waals surface area contributed by atoms with Gasteiger partial charge in [0.25, 0.3) is 5.91 Å². The standard InChI is InChI=1S/C30H34F6N6O3/c1-20(39-45-12-9-40-7-10-44-11-8-40)18-41-5-6-42(25(19-41)15-22-17-38-27-26(22)3-2-4-37-27)28(43)21-13-23(29(31,32)33)16-24(14-21)30(34,35)36/h2-4,13-14,16-18,25,39H,5-12,15,19H2,1H3,(H,37,38). The van der Waals surface area contributed by atoms with Crippen molar-refractivity contribution in [2.75, 3.05) is 59.1 Å². The Hall–Kier alpha value is -3.82. The number of alkyl halides is 6. The van der Waals surface area contributed by atoms with Gasteiger partial charge in [0.05, 0.1) is 42.7 Å². The first-order valence-electron chi connectivity index (χ1n) is 14.5. The number of amides is 1. The van der Waals surface area contributed by atoms with Crippen LogP contribution in [-0.2, 0) is 28.3 Å². The van der Waals surface area contributed by atoms with Crippen LogP contribution in [0, 0.1) is 0 Å². The van der Waals surface area contributed by atoms with Crippen LogP contribution in [0.4, 0.5) is 26.3 Å². The van der Waals surface area contributed by atoms with E-state index in [1.54, 1.807) is 18.5 Å². The van der Waals surface area contributed by atoms with Gasteiger partial charge in [0, 0.05) is 68.8 Å². The summed E-state index contributed by atoms with van der Waals surface area (Å²) in [5.41, 5.74) is 1.31. The summed E-state index contributed by atoms with van der Waals surface area (Å²) >= 11 is 0. The molecule has 0 spiro atoms. The minimum atomic E-state index is -5.06. The molecule has 1 atom stereocenters. The zero-order valence-corrected chi connectivity index (χ0v) is 24.5. The monoisotopic (exact) mass is 640 g/mol. The van der Waals surface area contributed by atoms with E-state index in [4.69, 9.17) is 9.57 Å². The number of allylic oxidation sites excluding steroid dienone is 1. The van der Waals surface area contributed by atoms with E-state index in [9.17, 15) is 31.1 Å². The number of fused-ring (bicyclic) bond motifs is 1. The number of aromatic nitrogens is 2. The molecule has 0 bridgehead atoms. The second-order valence-corrected chi connectivity index (χ2v) is 11.1. The maximum atomic E-state index is 13.7. The summed E-state index contributed by atoms with van der Waals surface area (Å²) in [5, 5.41) is 0.808. The molecule has 4 heterocycles. The Morgan fingerprint density at radius 1 is 1.09 bits per heavy atom. The van der Waals surface area contributed by atoms with E-state index in [-0.39, 0.29) is 25.6 Å². The van der Waals surface area contributed by atoms with E-state index in [1.807, 2.05) is 24.1 Å². The molecule has 2 saturated heterocycles. The largest absolute Gasteiger partial charge is 0.416 e. The Morgan fingerprint density at radius 2 is 1.80 bits per heavy atom. The third-order valence-electron chi connectivity index (χ3n) is 7.82. The molecular weight excluding hydrogens is 606 g/mol. The summed E-state index contributed by atoms with van der Waals surface area (Å²) in [6.07, 6.45) is -4.65. The fraction of sp³-hybridized carbons (Fsp3) is 0.467. The first-order chi connectivity index (χ1) is 21.4. The highest BCUT2D eigenvalue weighted by Gasteiger charge is 2.39. The minimum Gasteiger partial charge on any atom is -0.379 e. The van der Waals surface area contributed by atoms with E-state index >= 15 is 0 Å². The number of morpholine rings is 1. The molecular formula is C30H34F6N6O3. The van der Waals surface area contributed by atoms with Gasteiger partial charge >= 0.3 is 12.4 Å². The fourth-order valence-electron chi connectivity index (χ4n) is 5.58. The number of hydrogen-bond donors (Lipinski definition) is 2. The molecule has 2 aliphatic heterocycles. The first-order valence-corrected chi connectivity index (χ1v) is 14.5. The molecule has 1 unspecified atom stereocenters. The number of ether oxygens (including phenoxy) is 1. The van der Waals surface area contributed by atoms with Crippen molar-refractivity contribution in [3.05, 3.63) is 76.9 Å². The average Bonchev–Trinajstić information content (AvgIpc) is 3.41. The van der Waals surface area contributed by atoms with Crippen LogP contribution in [0.1, 0.15) is 34.0 Å². The van der Waals surface area contributed by atoms with Crippen molar-refractivity contribution in [3.63, 3.8) is 0 Å². The molecule has 2 aromatic heterocycles. The number of carbonyl (C=O) groups excluding carboxylic acids is 1. The van der Waals surface area contributed by atoms with E-state index < -0.39 is 41.0 Å². The van der Waals surface area contributed by atoms with Gasteiger partial charge in [-0.1, -0.05) is 0 Å². The Kier molecular flexibility index (Phi) is 9.89. The number of nitrogens with one attached hydrogen (secondary N) is 2. The van der Waals surface area contributed by atoms with Crippen LogP contribution >= 0.6 is 0 Å². The van der Waals surface area contributed by atoms with Crippen molar-refractivity contribution in [1.82, 2.24) is 30.1 Å². The number of nitrogens with zero attached hydrogens (tertiary/aromatic N) is 4. The van der Waals surface area contributed by atoms with Crippen LogP contribution in [0.25, 0.3) is 11.0 Å². The number of benzene rings is 1. The maximum absolute atomic E-state index is 13.7. The third kappa shape index (κ3) is 8.27. The topological polar surface area (TPSA) is 86.0 Å². The summed E-state index contributed by atoms with van der Waals surface area (Å²) in [4.78, 5) is 32.2. The van der Waals surface area contributed by atoms with Crippen LogP contribution in [0.5, 0.6) is 0 Å². The highest BCUT2D eigenvalue weighted by Crippen LogP contribution is 2.37.